The Morgan fingerprint density at radius 2 is 2.40 bits per heavy atom. The van der Waals surface area contributed by atoms with E-state index in [0.29, 0.717) is 16.4 Å². The van der Waals surface area contributed by atoms with E-state index in [4.69, 9.17) is 17.3 Å². The van der Waals surface area contributed by atoms with Crippen LogP contribution in [-0.2, 0) is 0 Å². The van der Waals surface area contributed by atoms with Crippen molar-refractivity contribution in [3.8, 4) is 0 Å². The molecular formula is C7H7ClN2. The van der Waals surface area contributed by atoms with E-state index in [2.05, 4.69) is 11.6 Å². The topological polar surface area (TPSA) is 38.9 Å². The summed E-state index contributed by atoms with van der Waals surface area (Å²) in [5.41, 5.74) is 6.64. The van der Waals surface area contributed by atoms with Crippen LogP contribution in [0.25, 0.3) is 6.08 Å². The highest BCUT2D eigenvalue weighted by molar-refractivity contribution is 6.34. The van der Waals surface area contributed by atoms with Crippen LogP contribution < -0.4 is 5.73 Å². The van der Waals surface area contributed by atoms with Crippen LogP contribution in [0.15, 0.2) is 18.8 Å². The third-order valence-electron chi connectivity index (χ3n) is 1.14. The first-order valence-corrected chi connectivity index (χ1v) is 3.16. The van der Waals surface area contributed by atoms with Gasteiger partial charge in [-0.1, -0.05) is 18.2 Å². The molecule has 1 aromatic heterocycles. The van der Waals surface area contributed by atoms with Crippen LogP contribution in [0.4, 0.5) is 5.69 Å². The van der Waals surface area contributed by atoms with Gasteiger partial charge < -0.3 is 5.73 Å². The van der Waals surface area contributed by atoms with E-state index in [1.165, 1.54) is 0 Å². The van der Waals surface area contributed by atoms with Gasteiger partial charge in [-0.05, 0) is 12.1 Å². The van der Waals surface area contributed by atoms with Crippen molar-refractivity contribution in [3.05, 3.63) is 29.6 Å². The second kappa shape index (κ2) is 2.71. The van der Waals surface area contributed by atoms with E-state index in [-0.39, 0.29) is 0 Å². The van der Waals surface area contributed by atoms with Gasteiger partial charge in [0.1, 0.15) is 0 Å². The lowest BCUT2D eigenvalue weighted by atomic mass is 10.3. The summed E-state index contributed by atoms with van der Waals surface area (Å²) in [6.45, 7) is 3.53. The molecule has 1 heterocycles. The van der Waals surface area contributed by atoms with Crippen LogP contribution in [0.2, 0.25) is 5.02 Å². The number of anilines is 1. The van der Waals surface area contributed by atoms with Gasteiger partial charge in [0, 0.05) is 6.20 Å². The van der Waals surface area contributed by atoms with Crippen molar-refractivity contribution in [2.24, 2.45) is 0 Å². The van der Waals surface area contributed by atoms with Gasteiger partial charge in [-0.25, -0.2) is 0 Å². The fourth-order valence-corrected chi connectivity index (χ4v) is 0.807. The molecule has 3 heteroatoms. The van der Waals surface area contributed by atoms with Gasteiger partial charge in [-0.3, -0.25) is 4.98 Å². The summed E-state index contributed by atoms with van der Waals surface area (Å²) in [5, 5.41) is 0.470. The van der Waals surface area contributed by atoms with Crippen molar-refractivity contribution in [2.75, 3.05) is 5.73 Å². The van der Waals surface area contributed by atoms with E-state index in [9.17, 15) is 0 Å². The first-order valence-electron chi connectivity index (χ1n) is 2.78. The normalized spacial score (nSPS) is 9.30. The minimum Gasteiger partial charge on any atom is -0.397 e. The SMILES string of the molecule is C=Cc1nccc(N)c1Cl. The van der Waals surface area contributed by atoms with E-state index < -0.39 is 0 Å². The number of nitrogens with zero attached hydrogens (tertiary/aromatic N) is 1. The fraction of sp³-hybridized carbons (Fsp3) is 0. The molecule has 0 aliphatic heterocycles. The molecule has 0 saturated heterocycles. The monoisotopic (exact) mass is 154 g/mol. The maximum atomic E-state index is 5.73. The van der Waals surface area contributed by atoms with Gasteiger partial charge in [0.15, 0.2) is 0 Å². The molecule has 10 heavy (non-hydrogen) atoms. The molecule has 0 amide bonds. The van der Waals surface area contributed by atoms with Crippen LogP contribution in [-0.4, -0.2) is 4.98 Å². The van der Waals surface area contributed by atoms with Crippen LogP contribution in [0.3, 0.4) is 0 Å². The molecule has 2 N–H and O–H groups in total. The molecule has 0 atom stereocenters. The standard InChI is InChI=1S/C7H7ClN2/c1-2-6-7(8)5(9)3-4-10-6/h2-4H,1H2,(H2,9,10). The van der Waals surface area contributed by atoms with Crippen molar-refractivity contribution in [3.63, 3.8) is 0 Å². The molecule has 52 valence electrons. The number of pyridine rings is 1. The van der Waals surface area contributed by atoms with Crippen molar-refractivity contribution >= 4 is 23.4 Å². The summed E-state index contributed by atoms with van der Waals surface area (Å²) in [6.07, 6.45) is 3.16. The zero-order valence-corrected chi connectivity index (χ0v) is 6.10. The van der Waals surface area contributed by atoms with Crippen molar-refractivity contribution in [1.82, 2.24) is 4.98 Å². The Bertz CT molecular complexity index is 258. The quantitative estimate of drug-likeness (QED) is 0.672. The number of halogens is 1. The Labute approximate surface area is 64.3 Å². The average molecular weight is 155 g/mol. The third kappa shape index (κ3) is 1.11. The van der Waals surface area contributed by atoms with Gasteiger partial charge in [-0.2, -0.15) is 0 Å². The number of nitrogen functional groups attached to an aromatic ring is 1. The van der Waals surface area contributed by atoms with E-state index >= 15 is 0 Å². The Morgan fingerprint density at radius 3 is 2.90 bits per heavy atom. The maximum Gasteiger partial charge on any atom is 0.0892 e. The predicted molar refractivity (Wildman–Crippen MR) is 43.8 cm³/mol. The molecule has 0 radical (unpaired) electrons. The molecule has 0 bridgehead atoms. The van der Waals surface area contributed by atoms with E-state index in [1.807, 2.05) is 0 Å². The summed E-state index contributed by atoms with van der Waals surface area (Å²) < 4.78 is 0. The van der Waals surface area contributed by atoms with Crippen LogP contribution >= 0.6 is 11.6 Å². The number of aromatic nitrogens is 1. The molecular weight excluding hydrogens is 148 g/mol. The van der Waals surface area contributed by atoms with Gasteiger partial charge in [0.2, 0.25) is 0 Å². The summed E-state index contributed by atoms with van der Waals surface area (Å²) in [4.78, 5) is 3.93. The maximum absolute atomic E-state index is 5.73. The second-order valence-corrected chi connectivity index (χ2v) is 2.18. The summed E-state index contributed by atoms with van der Waals surface area (Å²) in [7, 11) is 0. The van der Waals surface area contributed by atoms with Crippen LogP contribution in [0, 0.1) is 0 Å². The highest BCUT2D eigenvalue weighted by Crippen LogP contribution is 2.20. The highest BCUT2D eigenvalue weighted by Gasteiger charge is 1.98. The molecule has 0 fully saturated rings. The summed E-state index contributed by atoms with van der Waals surface area (Å²) in [5.74, 6) is 0. The molecule has 0 aliphatic carbocycles. The van der Waals surface area contributed by atoms with Crippen molar-refractivity contribution in [2.45, 2.75) is 0 Å². The molecule has 2 nitrogen and oxygen atoms in total. The number of hydrogen-bond acceptors (Lipinski definition) is 2. The first-order chi connectivity index (χ1) is 4.75. The Morgan fingerprint density at radius 1 is 1.70 bits per heavy atom. The average Bonchev–Trinajstić information content (AvgIpc) is 1.95. The molecule has 0 spiro atoms. The number of hydrogen-bond donors (Lipinski definition) is 1. The largest absolute Gasteiger partial charge is 0.397 e. The lowest BCUT2D eigenvalue weighted by molar-refractivity contribution is 1.30. The Hall–Kier alpha value is -1.02. The van der Waals surface area contributed by atoms with Crippen molar-refractivity contribution in [1.29, 1.82) is 0 Å². The van der Waals surface area contributed by atoms with Gasteiger partial charge in [0.05, 0.1) is 16.4 Å². The molecule has 1 aromatic rings. The predicted octanol–water partition coefficient (Wildman–Crippen LogP) is 1.96. The van der Waals surface area contributed by atoms with Gasteiger partial charge >= 0.3 is 0 Å². The summed E-state index contributed by atoms with van der Waals surface area (Å²) in [6, 6.07) is 1.65. The van der Waals surface area contributed by atoms with Crippen LogP contribution in [0.5, 0.6) is 0 Å². The fourth-order valence-electron chi connectivity index (χ4n) is 0.618. The van der Waals surface area contributed by atoms with E-state index in [1.54, 1.807) is 18.3 Å². The molecule has 0 saturated carbocycles. The lowest BCUT2D eigenvalue weighted by Crippen LogP contribution is -1.89. The number of rotatable bonds is 1. The smallest absolute Gasteiger partial charge is 0.0892 e. The third-order valence-corrected chi connectivity index (χ3v) is 1.55. The first kappa shape index (κ1) is 7.09. The zero-order valence-electron chi connectivity index (χ0n) is 5.34. The summed E-state index contributed by atoms with van der Waals surface area (Å²) >= 11 is 5.73. The molecule has 0 aliphatic rings. The Kier molecular flexibility index (Phi) is 1.92. The molecule has 1 rings (SSSR count). The van der Waals surface area contributed by atoms with Crippen LogP contribution in [0.1, 0.15) is 5.69 Å². The molecule has 0 unspecified atom stereocenters. The highest BCUT2D eigenvalue weighted by atomic mass is 35.5. The second-order valence-electron chi connectivity index (χ2n) is 1.80. The minimum atomic E-state index is 0.470. The van der Waals surface area contributed by atoms with E-state index in [0.717, 1.165) is 0 Å². The lowest BCUT2D eigenvalue weighted by Gasteiger charge is -1.98. The molecule has 0 aromatic carbocycles. The minimum absolute atomic E-state index is 0.470. The Balaban J connectivity index is 3.27. The van der Waals surface area contributed by atoms with Gasteiger partial charge in [-0.15, -0.1) is 0 Å². The van der Waals surface area contributed by atoms with Crippen molar-refractivity contribution < 1.29 is 0 Å². The zero-order chi connectivity index (χ0) is 7.56. The number of nitrogens with two attached hydrogens (primary N) is 1. The van der Waals surface area contributed by atoms with Gasteiger partial charge in [0.25, 0.3) is 0 Å².